The predicted octanol–water partition coefficient (Wildman–Crippen LogP) is 6.38. The Morgan fingerprint density at radius 3 is 2.00 bits per heavy atom. The number of nitro groups is 1. The Labute approximate surface area is 183 Å². The molecule has 0 radical (unpaired) electrons. The van der Waals surface area contributed by atoms with E-state index >= 15 is 0 Å². The molecule has 0 aromatic heterocycles. The number of non-ortho nitro benzene ring substituents is 1. The molecule has 1 aliphatic carbocycles. The van der Waals surface area contributed by atoms with Crippen LogP contribution in [0.15, 0.2) is 89.8 Å². The average molecular weight is 436 g/mol. The SMILES string of the molecule is C[C@H](Sc1ccc([N+](=O)[O-])cc1)[C@H]1CCCC1P(c1ccccc1)c1ccccc1. The summed E-state index contributed by atoms with van der Waals surface area (Å²) in [5, 5.41) is 14.3. The average Bonchev–Trinajstić information content (AvgIpc) is 3.25. The molecule has 30 heavy (non-hydrogen) atoms. The van der Waals surface area contributed by atoms with Crippen LogP contribution in [-0.4, -0.2) is 15.8 Å². The number of thioether (sulfide) groups is 1. The monoisotopic (exact) mass is 435 g/mol. The zero-order valence-corrected chi connectivity index (χ0v) is 18.8. The van der Waals surface area contributed by atoms with Crippen LogP contribution in [0.2, 0.25) is 0 Å². The van der Waals surface area contributed by atoms with Gasteiger partial charge in [-0.15, -0.1) is 11.8 Å². The summed E-state index contributed by atoms with van der Waals surface area (Å²) in [4.78, 5) is 11.7. The quantitative estimate of drug-likeness (QED) is 0.187. The summed E-state index contributed by atoms with van der Waals surface area (Å²) >= 11 is 1.86. The zero-order valence-electron chi connectivity index (χ0n) is 17.1. The molecular weight excluding hydrogens is 409 g/mol. The first-order valence-corrected chi connectivity index (χ1v) is 12.7. The van der Waals surface area contributed by atoms with Gasteiger partial charge in [0.1, 0.15) is 0 Å². The van der Waals surface area contributed by atoms with E-state index in [1.54, 1.807) is 12.1 Å². The van der Waals surface area contributed by atoms with E-state index in [0.717, 1.165) is 4.90 Å². The Hall–Kier alpha value is -2.16. The van der Waals surface area contributed by atoms with Gasteiger partial charge in [0.15, 0.2) is 0 Å². The van der Waals surface area contributed by atoms with E-state index < -0.39 is 7.92 Å². The van der Waals surface area contributed by atoms with Crippen molar-refractivity contribution in [3.8, 4) is 0 Å². The highest BCUT2D eigenvalue weighted by atomic mass is 32.2. The van der Waals surface area contributed by atoms with E-state index in [2.05, 4.69) is 67.6 Å². The fourth-order valence-corrected chi connectivity index (χ4v) is 9.12. The van der Waals surface area contributed by atoms with Crippen LogP contribution in [0.25, 0.3) is 0 Å². The second-order valence-corrected chi connectivity index (χ2v) is 11.7. The smallest absolute Gasteiger partial charge is 0.258 e. The minimum absolute atomic E-state index is 0.155. The van der Waals surface area contributed by atoms with Crippen LogP contribution >= 0.6 is 19.7 Å². The highest BCUT2D eigenvalue weighted by Crippen LogP contribution is 2.53. The second kappa shape index (κ2) is 9.76. The largest absolute Gasteiger partial charge is 0.269 e. The van der Waals surface area contributed by atoms with Gasteiger partial charge in [-0.3, -0.25) is 10.1 Å². The van der Waals surface area contributed by atoms with Crippen molar-refractivity contribution in [2.24, 2.45) is 5.92 Å². The van der Waals surface area contributed by atoms with Gasteiger partial charge in [-0.05, 0) is 55.1 Å². The highest BCUT2D eigenvalue weighted by molar-refractivity contribution is 8.00. The fourth-order valence-electron chi connectivity index (χ4n) is 4.49. The fraction of sp³-hybridized carbons (Fsp3) is 0.280. The summed E-state index contributed by atoms with van der Waals surface area (Å²) in [6.07, 6.45) is 3.80. The molecule has 0 heterocycles. The Morgan fingerprint density at radius 2 is 1.47 bits per heavy atom. The van der Waals surface area contributed by atoms with Crippen molar-refractivity contribution in [1.82, 2.24) is 0 Å². The van der Waals surface area contributed by atoms with Crippen molar-refractivity contribution in [2.75, 3.05) is 0 Å². The molecule has 3 nitrogen and oxygen atoms in total. The maximum atomic E-state index is 10.9. The number of nitrogens with zero attached hydrogens (tertiary/aromatic N) is 1. The Kier molecular flexibility index (Phi) is 6.86. The molecule has 0 amide bonds. The number of rotatable bonds is 7. The number of nitro benzene ring substituents is 1. The third-order valence-electron chi connectivity index (χ3n) is 5.90. The third-order valence-corrected chi connectivity index (χ3v) is 10.2. The lowest BCUT2D eigenvalue weighted by molar-refractivity contribution is -0.384. The van der Waals surface area contributed by atoms with Crippen LogP contribution in [0, 0.1) is 16.0 Å². The molecule has 3 aromatic rings. The second-order valence-electron chi connectivity index (χ2n) is 7.78. The molecule has 0 spiro atoms. The Balaban J connectivity index is 1.58. The zero-order chi connectivity index (χ0) is 20.9. The minimum atomic E-state index is -0.415. The van der Waals surface area contributed by atoms with E-state index in [1.807, 2.05) is 23.9 Å². The summed E-state index contributed by atoms with van der Waals surface area (Å²) in [6, 6.07) is 29.0. The van der Waals surface area contributed by atoms with E-state index in [9.17, 15) is 10.1 Å². The van der Waals surface area contributed by atoms with Gasteiger partial charge in [-0.25, -0.2) is 0 Å². The van der Waals surface area contributed by atoms with Crippen molar-refractivity contribution < 1.29 is 4.92 Å². The van der Waals surface area contributed by atoms with Crippen LogP contribution in [0.3, 0.4) is 0 Å². The van der Waals surface area contributed by atoms with Crippen LogP contribution in [0.1, 0.15) is 26.2 Å². The molecule has 3 atom stereocenters. The van der Waals surface area contributed by atoms with Crippen LogP contribution in [0.4, 0.5) is 5.69 Å². The molecule has 1 saturated carbocycles. The molecule has 1 aliphatic rings. The van der Waals surface area contributed by atoms with Crippen LogP contribution in [-0.2, 0) is 0 Å². The van der Waals surface area contributed by atoms with Gasteiger partial charge >= 0.3 is 0 Å². The van der Waals surface area contributed by atoms with Gasteiger partial charge in [0, 0.05) is 22.3 Å². The van der Waals surface area contributed by atoms with Gasteiger partial charge in [-0.1, -0.05) is 74.0 Å². The van der Waals surface area contributed by atoms with Gasteiger partial charge in [0.25, 0.3) is 5.69 Å². The topological polar surface area (TPSA) is 43.1 Å². The van der Waals surface area contributed by atoms with Crippen LogP contribution < -0.4 is 10.6 Å². The summed E-state index contributed by atoms with van der Waals surface area (Å²) in [5.41, 5.74) is 0.813. The lowest BCUT2D eigenvalue weighted by Gasteiger charge is -2.33. The molecule has 0 N–H and O–H groups in total. The van der Waals surface area contributed by atoms with Crippen molar-refractivity contribution in [1.29, 1.82) is 0 Å². The number of hydrogen-bond acceptors (Lipinski definition) is 3. The summed E-state index contributed by atoms with van der Waals surface area (Å²) in [6.45, 7) is 2.33. The van der Waals surface area contributed by atoms with Crippen molar-refractivity contribution >= 4 is 36.0 Å². The molecule has 5 heteroatoms. The Morgan fingerprint density at radius 1 is 0.900 bits per heavy atom. The lowest BCUT2D eigenvalue weighted by Crippen LogP contribution is -2.29. The molecule has 1 unspecified atom stereocenters. The number of benzene rings is 3. The normalized spacial score (nSPS) is 19.7. The molecule has 3 aromatic carbocycles. The molecule has 0 aliphatic heterocycles. The van der Waals surface area contributed by atoms with E-state index in [0.29, 0.717) is 16.8 Å². The van der Waals surface area contributed by atoms with Gasteiger partial charge in [-0.2, -0.15) is 0 Å². The van der Waals surface area contributed by atoms with Crippen molar-refractivity contribution in [3.63, 3.8) is 0 Å². The maximum absolute atomic E-state index is 10.9. The minimum Gasteiger partial charge on any atom is -0.258 e. The number of hydrogen-bond donors (Lipinski definition) is 0. The van der Waals surface area contributed by atoms with E-state index in [-0.39, 0.29) is 10.6 Å². The van der Waals surface area contributed by atoms with Gasteiger partial charge in [0.2, 0.25) is 0 Å². The maximum Gasteiger partial charge on any atom is 0.269 e. The lowest BCUT2D eigenvalue weighted by atomic mass is 10.0. The summed E-state index contributed by atoms with van der Waals surface area (Å²) in [5.74, 6) is 0.636. The highest BCUT2D eigenvalue weighted by Gasteiger charge is 2.38. The van der Waals surface area contributed by atoms with E-state index in [1.165, 1.54) is 29.9 Å². The predicted molar refractivity (Wildman–Crippen MR) is 129 cm³/mol. The molecule has 0 saturated heterocycles. The van der Waals surface area contributed by atoms with Crippen molar-refractivity contribution in [2.45, 2.75) is 42.0 Å². The summed E-state index contributed by atoms with van der Waals surface area (Å²) < 4.78 is 0. The Bertz CT molecular complexity index is 926. The molecular formula is C25H26NO2PS. The first kappa shape index (κ1) is 21.1. The van der Waals surface area contributed by atoms with Crippen LogP contribution in [0.5, 0.6) is 0 Å². The van der Waals surface area contributed by atoms with Crippen molar-refractivity contribution in [3.05, 3.63) is 95.0 Å². The summed E-state index contributed by atoms with van der Waals surface area (Å²) in [7, 11) is -0.415. The van der Waals surface area contributed by atoms with E-state index in [4.69, 9.17) is 0 Å². The third kappa shape index (κ3) is 4.77. The molecule has 4 rings (SSSR count). The molecule has 1 fully saturated rings. The van der Waals surface area contributed by atoms with Gasteiger partial charge < -0.3 is 0 Å². The molecule has 0 bridgehead atoms. The van der Waals surface area contributed by atoms with Gasteiger partial charge in [0.05, 0.1) is 4.92 Å². The standard InChI is InChI=1S/C25H26NO2PS/c1-19(30-23-17-15-20(16-18-23)26(27)28)24-13-8-14-25(24)29(21-9-4-2-5-10-21)22-11-6-3-7-12-22/h2-7,9-12,15-19,24-25H,8,13-14H2,1H3/t19-,24+,25?/m0/s1. The molecule has 154 valence electrons. The first-order valence-electron chi connectivity index (χ1n) is 10.4. The first-order chi connectivity index (χ1) is 14.6.